The summed E-state index contributed by atoms with van der Waals surface area (Å²) < 4.78 is 0. The van der Waals surface area contributed by atoms with Crippen molar-refractivity contribution in [1.29, 1.82) is 0 Å². The Morgan fingerprint density at radius 3 is 2.85 bits per heavy atom. The number of halogens is 1. The van der Waals surface area contributed by atoms with Crippen LogP contribution in [0.25, 0.3) is 11.0 Å². The van der Waals surface area contributed by atoms with E-state index < -0.39 is 0 Å². The van der Waals surface area contributed by atoms with Gasteiger partial charge in [-0.3, -0.25) is 4.99 Å². The van der Waals surface area contributed by atoms with Gasteiger partial charge in [0.25, 0.3) is 0 Å². The van der Waals surface area contributed by atoms with Crippen LogP contribution in [0.2, 0.25) is 0 Å². The Hall–Kier alpha value is -2.09. The van der Waals surface area contributed by atoms with Crippen LogP contribution in [0.15, 0.2) is 53.5 Å². The first-order valence-corrected chi connectivity index (χ1v) is 9.42. The summed E-state index contributed by atoms with van der Waals surface area (Å²) in [5.74, 6) is 2.03. The largest absolute Gasteiger partial charge is 0.356 e. The highest BCUT2D eigenvalue weighted by Crippen LogP contribution is 2.27. The summed E-state index contributed by atoms with van der Waals surface area (Å²) in [4.78, 5) is 15.2. The first-order chi connectivity index (χ1) is 12.8. The molecule has 0 saturated carbocycles. The average Bonchev–Trinajstić information content (AvgIpc) is 3.28. The quantitative estimate of drug-likeness (QED) is 0.253. The van der Waals surface area contributed by atoms with E-state index in [9.17, 15) is 0 Å². The lowest BCUT2D eigenvalue weighted by molar-refractivity contribution is 0.784. The minimum Gasteiger partial charge on any atom is -0.356 e. The monoisotopic (exact) mass is 475 g/mol. The van der Waals surface area contributed by atoms with Gasteiger partial charge < -0.3 is 15.2 Å². The number of anilines is 1. The molecule has 0 amide bonds. The molecule has 0 atom stereocenters. The van der Waals surface area contributed by atoms with Crippen LogP contribution in [0.5, 0.6) is 0 Å². The summed E-state index contributed by atoms with van der Waals surface area (Å²) in [5, 5.41) is 3.44. The molecule has 142 valence electrons. The summed E-state index contributed by atoms with van der Waals surface area (Å²) in [5.41, 5.74) is 4.82. The van der Waals surface area contributed by atoms with Crippen molar-refractivity contribution in [3.8, 4) is 0 Å². The molecule has 2 aromatic carbocycles. The Bertz CT molecular complexity index is 885. The molecule has 4 rings (SSSR count). The SMILES string of the molecule is CCNC(=NCCCc1nc2ccccc2[nH]1)N1CCc2ccccc21.I. The van der Waals surface area contributed by atoms with Gasteiger partial charge in [0.05, 0.1) is 11.0 Å². The predicted molar refractivity (Wildman–Crippen MR) is 123 cm³/mol. The van der Waals surface area contributed by atoms with E-state index in [0.717, 1.165) is 61.7 Å². The third kappa shape index (κ3) is 4.43. The number of nitrogens with one attached hydrogen (secondary N) is 2. The highest BCUT2D eigenvalue weighted by atomic mass is 127. The van der Waals surface area contributed by atoms with Gasteiger partial charge >= 0.3 is 0 Å². The number of hydrogen-bond acceptors (Lipinski definition) is 2. The zero-order valence-corrected chi connectivity index (χ0v) is 17.9. The second-order valence-electron chi connectivity index (χ2n) is 6.57. The molecule has 1 aromatic heterocycles. The molecule has 6 heteroatoms. The van der Waals surface area contributed by atoms with Crippen molar-refractivity contribution >= 4 is 46.7 Å². The van der Waals surface area contributed by atoms with E-state index in [1.54, 1.807) is 0 Å². The van der Waals surface area contributed by atoms with Gasteiger partial charge in [-0.25, -0.2) is 4.98 Å². The third-order valence-corrected chi connectivity index (χ3v) is 4.75. The Morgan fingerprint density at radius 1 is 1.19 bits per heavy atom. The van der Waals surface area contributed by atoms with Gasteiger partial charge in [0.1, 0.15) is 5.82 Å². The summed E-state index contributed by atoms with van der Waals surface area (Å²) in [6.07, 6.45) is 2.97. The zero-order chi connectivity index (χ0) is 17.8. The van der Waals surface area contributed by atoms with Crippen molar-refractivity contribution in [2.75, 3.05) is 24.5 Å². The second kappa shape index (κ2) is 9.21. The summed E-state index contributed by atoms with van der Waals surface area (Å²) in [7, 11) is 0. The summed E-state index contributed by atoms with van der Waals surface area (Å²) >= 11 is 0. The van der Waals surface area contributed by atoms with Crippen molar-refractivity contribution in [3.05, 3.63) is 59.9 Å². The van der Waals surface area contributed by atoms with Crippen LogP contribution >= 0.6 is 24.0 Å². The number of aromatic amines is 1. The van der Waals surface area contributed by atoms with Crippen molar-refractivity contribution in [1.82, 2.24) is 15.3 Å². The number of aryl methyl sites for hydroxylation is 1. The molecule has 0 aliphatic carbocycles. The van der Waals surface area contributed by atoms with Gasteiger partial charge in [-0.2, -0.15) is 0 Å². The number of para-hydroxylation sites is 3. The average molecular weight is 475 g/mol. The van der Waals surface area contributed by atoms with Gasteiger partial charge in [0, 0.05) is 31.7 Å². The number of aromatic nitrogens is 2. The number of guanidine groups is 1. The molecule has 27 heavy (non-hydrogen) atoms. The number of H-pyrrole nitrogens is 1. The molecule has 2 N–H and O–H groups in total. The van der Waals surface area contributed by atoms with Crippen molar-refractivity contribution in [3.63, 3.8) is 0 Å². The van der Waals surface area contributed by atoms with E-state index in [1.165, 1.54) is 11.3 Å². The van der Waals surface area contributed by atoms with Crippen LogP contribution in [-0.2, 0) is 12.8 Å². The first kappa shape index (κ1) is 19.7. The molecular formula is C21H26IN5. The lowest BCUT2D eigenvalue weighted by atomic mass is 10.2. The maximum Gasteiger partial charge on any atom is 0.198 e. The summed E-state index contributed by atoms with van der Waals surface area (Å²) in [6, 6.07) is 16.8. The summed E-state index contributed by atoms with van der Waals surface area (Å²) in [6.45, 7) is 4.78. The molecule has 0 saturated heterocycles. The molecule has 0 unspecified atom stereocenters. The van der Waals surface area contributed by atoms with Gasteiger partial charge in [0.2, 0.25) is 0 Å². The molecule has 0 spiro atoms. The van der Waals surface area contributed by atoms with Crippen molar-refractivity contribution in [2.24, 2.45) is 4.99 Å². The van der Waals surface area contributed by atoms with Crippen LogP contribution in [0.3, 0.4) is 0 Å². The molecule has 1 aliphatic heterocycles. The van der Waals surface area contributed by atoms with Crippen LogP contribution in [0.4, 0.5) is 5.69 Å². The van der Waals surface area contributed by atoms with Gasteiger partial charge in [0.15, 0.2) is 5.96 Å². The Labute approximate surface area is 177 Å². The topological polar surface area (TPSA) is 56.3 Å². The van der Waals surface area contributed by atoms with E-state index in [1.807, 2.05) is 18.2 Å². The fourth-order valence-corrected chi connectivity index (χ4v) is 3.51. The minimum atomic E-state index is 0. The van der Waals surface area contributed by atoms with Crippen molar-refractivity contribution in [2.45, 2.75) is 26.2 Å². The minimum absolute atomic E-state index is 0. The van der Waals surface area contributed by atoms with Gasteiger partial charge in [-0.15, -0.1) is 24.0 Å². The number of imidazole rings is 1. The molecule has 1 aliphatic rings. The molecule has 2 heterocycles. The normalized spacial score (nSPS) is 13.5. The highest BCUT2D eigenvalue weighted by Gasteiger charge is 2.22. The van der Waals surface area contributed by atoms with E-state index in [4.69, 9.17) is 4.99 Å². The molecule has 5 nitrogen and oxygen atoms in total. The van der Waals surface area contributed by atoms with E-state index >= 15 is 0 Å². The van der Waals surface area contributed by atoms with Crippen LogP contribution < -0.4 is 10.2 Å². The second-order valence-corrected chi connectivity index (χ2v) is 6.57. The molecule has 0 fully saturated rings. The standard InChI is InChI=1S/C21H25N5.HI/c1-2-22-21(26-15-13-16-8-3-6-11-19(16)26)23-14-7-12-20-24-17-9-4-5-10-18(17)25-20;/h3-6,8-11H,2,7,12-15H2,1H3,(H,22,23)(H,24,25);1H. The number of fused-ring (bicyclic) bond motifs is 2. The number of aliphatic imine (C=N–C) groups is 1. The van der Waals surface area contributed by atoms with Crippen molar-refractivity contribution < 1.29 is 0 Å². The lowest BCUT2D eigenvalue weighted by Gasteiger charge is -2.22. The molecular weight excluding hydrogens is 449 g/mol. The Morgan fingerprint density at radius 2 is 2.00 bits per heavy atom. The maximum atomic E-state index is 4.85. The number of nitrogens with zero attached hydrogens (tertiary/aromatic N) is 3. The Kier molecular flexibility index (Phi) is 6.71. The zero-order valence-electron chi connectivity index (χ0n) is 15.6. The fourth-order valence-electron chi connectivity index (χ4n) is 3.51. The van der Waals surface area contributed by atoms with Gasteiger partial charge in [-0.05, 0) is 43.5 Å². The maximum absolute atomic E-state index is 4.85. The van der Waals surface area contributed by atoms with Crippen LogP contribution in [0, 0.1) is 0 Å². The lowest BCUT2D eigenvalue weighted by Crippen LogP contribution is -2.40. The molecule has 0 radical (unpaired) electrons. The fraction of sp³-hybridized carbons (Fsp3) is 0.333. The first-order valence-electron chi connectivity index (χ1n) is 9.42. The third-order valence-electron chi connectivity index (χ3n) is 4.75. The number of benzene rings is 2. The number of hydrogen-bond donors (Lipinski definition) is 2. The predicted octanol–water partition coefficient (Wildman–Crippen LogP) is 4.14. The van der Waals surface area contributed by atoms with E-state index in [0.29, 0.717) is 0 Å². The molecule has 3 aromatic rings. The van der Waals surface area contributed by atoms with Crippen LogP contribution in [0.1, 0.15) is 24.7 Å². The smallest absolute Gasteiger partial charge is 0.198 e. The Balaban J connectivity index is 0.00000210. The van der Waals surface area contributed by atoms with Gasteiger partial charge in [-0.1, -0.05) is 30.3 Å². The number of rotatable bonds is 5. The molecule has 0 bridgehead atoms. The van der Waals surface area contributed by atoms with Crippen LogP contribution in [-0.4, -0.2) is 35.6 Å². The highest BCUT2D eigenvalue weighted by molar-refractivity contribution is 14.0. The van der Waals surface area contributed by atoms with E-state index in [2.05, 4.69) is 57.4 Å². The van der Waals surface area contributed by atoms with E-state index in [-0.39, 0.29) is 24.0 Å².